The third kappa shape index (κ3) is 3.81. The molecule has 152 valence electrons. The quantitative estimate of drug-likeness (QED) is 0.774. The molecule has 0 bridgehead atoms. The summed E-state index contributed by atoms with van der Waals surface area (Å²) in [7, 11) is 3.65. The van der Waals surface area contributed by atoms with Crippen LogP contribution in [0.15, 0.2) is 54.6 Å². The zero-order valence-corrected chi connectivity index (χ0v) is 17.4. The van der Waals surface area contributed by atoms with Gasteiger partial charge in [-0.25, -0.2) is 0 Å². The number of nitrogens with zero attached hydrogens (tertiary/aromatic N) is 2. The van der Waals surface area contributed by atoms with Crippen LogP contribution in [0.4, 0.5) is 0 Å². The van der Waals surface area contributed by atoms with Gasteiger partial charge in [0.05, 0.1) is 5.41 Å². The molecule has 0 spiro atoms. The van der Waals surface area contributed by atoms with Gasteiger partial charge in [0.25, 0.3) is 0 Å². The number of hydrogen-bond donors (Lipinski definition) is 0. The molecule has 1 saturated heterocycles. The number of carbonyl (C=O) groups is 2. The number of hydrogen-bond acceptors (Lipinski definition) is 2. The molecule has 1 aliphatic heterocycles. The van der Waals surface area contributed by atoms with Crippen LogP contribution in [0.2, 0.25) is 0 Å². The molecule has 2 amide bonds. The highest BCUT2D eigenvalue weighted by Gasteiger charge is 2.48. The monoisotopic (exact) mass is 390 g/mol. The SMILES string of the molecule is CN(C)C(=O)C1(Cc2ccccc2-c2ccccc2)CCN(C(=O)C2CCC2)C1. The number of carbonyl (C=O) groups excluding carboxylic acids is 2. The topological polar surface area (TPSA) is 40.6 Å². The maximum absolute atomic E-state index is 13.3. The van der Waals surface area contributed by atoms with E-state index in [0.717, 1.165) is 31.2 Å². The van der Waals surface area contributed by atoms with E-state index in [-0.39, 0.29) is 17.7 Å². The summed E-state index contributed by atoms with van der Waals surface area (Å²) in [6.45, 7) is 1.21. The van der Waals surface area contributed by atoms with Gasteiger partial charge in [0.1, 0.15) is 0 Å². The van der Waals surface area contributed by atoms with Gasteiger partial charge in [0.15, 0.2) is 0 Å². The van der Waals surface area contributed by atoms with E-state index >= 15 is 0 Å². The fourth-order valence-electron chi connectivity index (χ4n) is 4.78. The van der Waals surface area contributed by atoms with Gasteiger partial charge in [-0.15, -0.1) is 0 Å². The van der Waals surface area contributed by atoms with Gasteiger partial charge in [0, 0.05) is 33.1 Å². The van der Waals surface area contributed by atoms with Gasteiger partial charge < -0.3 is 9.80 Å². The molecule has 4 nitrogen and oxygen atoms in total. The first-order chi connectivity index (χ1) is 14.0. The first kappa shape index (κ1) is 19.7. The van der Waals surface area contributed by atoms with E-state index in [2.05, 4.69) is 24.3 Å². The molecular formula is C25H30N2O2. The Morgan fingerprint density at radius 1 is 1.03 bits per heavy atom. The van der Waals surface area contributed by atoms with Gasteiger partial charge in [-0.2, -0.15) is 0 Å². The average molecular weight is 391 g/mol. The molecule has 1 heterocycles. The van der Waals surface area contributed by atoms with Crippen LogP contribution in [0.3, 0.4) is 0 Å². The van der Waals surface area contributed by atoms with Crippen molar-refractivity contribution in [1.82, 2.24) is 9.80 Å². The van der Waals surface area contributed by atoms with E-state index in [0.29, 0.717) is 19.5 Å². The van der Waals surface area contributed by atoms with E-state index in [9.17, 15) is 9.59 Å². The zero-order chi connectivity index (χ0) is 20.4. The average Bonchev–Trinajstić information content (AvgIpc) is 3.12. The Balaban J connectivity index is 1.65. The first-order valence-electron chi connectivity index (χ1n) is 10.6. The van der Waals surface area contributed by atoms with Crippen LogP contribution in [0, 0.1) is 11.3 Å². The van der Waals surface area contributed by atoms with Gasteiger partial charge in [0.2, 0.25) is 11.8 Å². The molecule has 2 aromatic carbocycles. The Morgan fingerprint density at radius 2 is 1.72 bits per heavy atom. The standard InChI is InChI=1S/C25H30N2O2/c1-26(2)24(29)25(15-16-27(18-25)23(28)20-12-8-13-20)17-21-11-6-7-14-22(21)19-9-4-3-5-10-19/h3-7,9-11,14,20H,8,12-13,15-18H2,1-2H3. The molecule has 2 aromatic rings. The Kier molecular flexibility index (Phi) is 5.44. The minimum absolute atomic E-state index is 0.129. The molecule has 29 heavy (non-hydrogen) atoms. The van der Waals surface area contributed by atoms with Crippen LogP contribution in [-0.4, -0.2) is 48.8 Å². The first-order valence-corrected chi connectivity index (χ1v) is 10.6. The highest BCUT2D eigenvalue weighted by atomic mass is 16.2. The maximum atomic E-state index is 13.3. The minimum Gasteiger partial charge on any atom is -0.348 e. The molecule has 4 rings (SSSR count). The molecule has 1 aliphatic carbocycles. The predicted molar refractivity (Wildman–Crippen MR) is 115 cm³/mol. The lowest BCUT2D eigenvalue weighted by Crippen LogP contribution is -2.46. The van der Waals surface area contributed by atoms with Crippen molar-refractivity contribution in [2.24, 2.45) is 11.3 Å². The fourth-order valence-corrected chi connectivity index (χ4v) is 4.78. The van der Waals surface area contributed by atoms with Crippen LogP contribution >= 0.6 is 0 Å². The van der Waals surface area contributed by atoms with Crippen molar-refractivity contribution in [2.45, 2.75) is 32.1 Å². The third-order valence-corrected chi connectivity index (χ3v) is 6.61. The number of benzene rings is 2. The lowest BCUT2D eigenvalue weighted by Gasteiger charge is -2.33. The van der Waals surface area contributed by atoms with Gasteiger partial charge in [-0.3, -0.25) is 9.59 Å². The molecule has 4 heteroatoms. The van der Waals surface area contributed by atoms with Gasteiger partial charge >= 0.3 is 0 Å². The van der Waals surface area contributed by atoms with E-state index in [1.54, 1.807) is 4.90 Å². The molecule has 2 aliphatic rings. The van der Waals surface area contributed by atoms with Crippen molar-refractivity contribution >= 4 is 11.8 Å². The Bertz CT molecular complexity index is 889. The number of rotatable bonds is 5. The summed E-state index contributed by atoms with van der Waals surface area (Å²) in [4.78, 5) is 29.8. The summed E-state index contributed by atoms with van der Waals surface area (Å²) in [5.41, 5.74) is 2.96. The Labute approximate surface area is 173 Å². The smallest absolute Gasteiger partial charge is 0.230 e. The summed E-state index contributed by atoms with van der Waals surface area (Å²) in [5.74, 6) is 0.558. The Morgan fingerprint density at radius 3 is 2.38 bits per heavy atom. The molecule has 0 radical (unpaired) electrons. The predicted octanol–water partition coefficient (Wildman–Crippen LogP) is 4.00. The zero-order valence-electron chi connectivity index (χ0n) is 17.4. The van der Waals surface area contributed by atoms with E-state index in [1.165, 1.54) is 11.1 Å². The van der Waals surface area contributed by atoms with Crippen molar-refractivity contribution in [3.63, 3.8) is 0 Å². The number of amides is 2. The largest absolute Gasteiger partial charge is 0.348 e. The summed E-state index contributed by atoms with van der Waals surface area (Å²) in [6.07, 6.45) is 4.53. The van der Waals surface area contributed by atoms with Crippen molar-refractivity contribution < 1.29 is 9.59 Å². The van der Waals surface area contributed by atoms with Crippen LogP contribution in [-0.2, 0) is 16.0 Å². The molecule has 0 N–H and O–H groups in total. The summed E-state index contributed by atoms with van der Waals surface area (Å²) in [6, 6.07) is 18.7. The summed E-state index contributed by atoms with van der Waals surface area (Å²) < 4.78 is 0. The highest BCUT2D eigenvalue weighted by molar-refractivity contribution is 5.86. The molecule has 1 unspecified atom stereocenters. The minimum atomic E-state index is -0.548. The second-order valence-electron chi connectivity index (χ2n) is 8.82. The third-order valence-electron chi connectivity index (χ3n) is 6.61. The molecular weight excluding hydrogens is 360 g/mol. The molecule has 1 atom stereocenters. The van der Waals surface area contributed by atoms with E-state index in [4.69, 9.17) is 0 Å². The highest BCUT2D eigenvalue weighted by Crippen LogP contribution is 2.40. The van der Waals surface area contributed by atoms with E-state index < -0.39 is 5.41 Å². The van der Waals surface area contributed by atoms with Crippen molar-refractivity contribution in [3.8, 4) is 11.1 Å². The van der Waals surface area contributed by atoms with Gasteiger partial charge in [-0.1, -0.05) is 61.0 Å². The van der Waals surface area contributed by atoms with Crippen molar-refractivity contribution in [2.75, 3.05) is 27.2 Å². The molecule has 2 fully saturated rings. The van der Waals surface area contributed by atoms with Crippen molar-refractivity contribution in [1.29, 1.82) is 0 Å². The fraction of sp³-hybridized carbons (Fsp3) is 0.440. The lowest BCUT2D eigenvalue weighted by molar-refractivity contribution is -0.141. The molecule has 1 saturated carbocycles. The molecule has 0 aromatic heterocycles. The second kappa shape index (κ2) is 8.02. The maximum Gasteiger partial charge on any atom is 0.230 e. The van der Waals surface area contributed by atoms with Crippen LogP contribution in [0.25, 0.3) is 11.1 Å². The van der Waals surface area contributed by atoms with Crippen molar-refractivity contribution in [3.05, 3.63) is 60.2 Å². The lowest BCUT2D eigenvalue weighted by atomic mass is 9.77. The summed E-state index contributed by atoms with van der Waals surface area (Å²) in [5, 5.41) is 0. The van der Waals surface area contributed by atoms with Crippen LogP contribution in [0.5, 0.6) is 0 Å². The van der Waals surface area contributed by atoms with Crippen LogP contribution < -0.4 is 0 Å². The van der Waals surface area contributed by atoms with Gasteiger partial charge in [-0.05, 0) is 42.4 Å². The number of likely N-dealkylation sites (tertiary alicyclic amines) is 1. The Hall–Kier alpha value is -2.62. The second-order valence-corrected chi connectivity index (χ2v) is 8.82. The summed E-state index contributed by atoms with van der Waals surface area (Å²) >= 11 is 0. The normalized spacial score (nSPS) is 21.7. The van der Waals surface area contributed by atoms with E-state index in [1.807, 2.05) is 49.3 Å². The van der Waals surface area contributed by atoms with Crippen LogP contribution in [0.1, 0.15) is 31.2 Å².